The second-order valence-electron chi connectivity index (χ2n) is 2.87. The van der Waals surface area contributed by atoms with Gasteiger partial charge in [-0.1, -0.05) is 0 Å². The minimum Gasteiger partial charge on any atom is -0.458 e. The number of nitrogens with two attached hydrogens (primary N) is 1. The van der Waals surface area contributed by atoms with Crippen LogP contribution in [0.5, 0.6) is 0 Å². The van der Waals surface area contributed by atoms with Gasteiger partial charge in [0.2, 0.25) is 0 Å². The summed E-state index contributed by atoms with van der Waals surface area (Å²) in [6.07, 6.45) is -0.953. The molecule has 0 radical (unpaired) electrons. The Hall–Kier alpha value is -0.650. The molecule has 5 nitrogen and oxygen atoms in total. The van der Waals surface area contributed by atoms with Gasteiger partial charge in [0.1, 0.15) is 6.10 Å². The smallest absolute Gasteiger partial charge is 0.336 e. The van der Waals surface area contributed by atoms with E-state index in [0.717, 1.165) is 0 Å². The van der Waals surface area contributed by atoms with Crippen LogP contribution in [-0.2, 0) is 19.0 Å². The SMILES string of the molecule is CCOCC(C)OC(=O)C(CN)OC. The van der Waals surface area contributed by atoms with Gasteiger partial charge in [0.15, 0.2) is 6.10 Å². The van der Waals surface area contributed by atoms with Crippen molar-refractivity contribution in [3.05, 3.63) is 0 Å². The molecule has 14 heavy (non-hydrogen) atoms. The highest BCUT2D eigenvalue weighted by atomic mass is 16.6. The summed E-state index contributed by atoms with van der Waals surface area (Å²) in [7, 11) is 1.42. The molecular weight excluding hydrogens is 186 g/mol. The number of esters is 1. The third kappa shape index (κ3) is 5.16. The first-order valence-electron chi connectivity index (χ1n) is 4.66. The molecule has 0 amide bonds. The second kappa shape index (κ2) is 7.73. The predicted molar refractivity (Wildman–Crippen MR) is 51.9 cm³/mol. The first-order chi connectivity index (χ1) is 6.65. The van der Waals surface area contributed by atoms with E-state index in [2.05, 4.69) is 0 Å². The second-order valence-corrected chi connectivity index (χ2v) is 2.87. The zero-order valence-electron chi connectivity index (χ0n) is 8.99. The number of carbonyl (C=O) groups excluding carboxylic acids is 1. The molecule has 0 rings (SSSR count). The standard InChI is InChI=1S/C9H19NO4/c1-4-13-6-7(2)14-9(11)8(5-10)12-3/h7-8H,4-6,10H2,1-3H3. The van der Waals surface area contributed by atoms with Crippen molar-refractivity contribution in [2.45, 2.75) is 26.1 Å². The van der Waals surface area contributed by atoms with E-state index in [-0.39, 0.29) is 12.6 Å². The lowest BCUT2D eigenvalue weighted by Crippen LogP contribution is -2.35. The summed E-state index contributed by atoms with van der Waals surface area (Å²) >= 11 is 0. The van der Waals surface area contributed by atoms with E-state index in [1.165, 1.54) is 7.11 Å². The number of ether oxygens (including phenoxy) is 3. The molecule has 0 aromatic carbocycles. The van der Waals surface area contributed by atoms with Crippen molar-refractivity contribution >= 4 is 5.97 Å². The molecular formula is C9H19NO4. The lowest BCUT2D eigenvalue weighted by molar-refractivity contribution is -0.162. The van der Waals surface area contributed by atoms with Crippen molar-refractivity contribution in [3.8, 4) is 0 Å². The Labute approximate surface area is 84.5 Å². The Bertz CT molecular complexity index is 159. The molecule has 0 aromatic rings. The summed E-state index contributed by atoms with van der Waals surface area (Å²) in [6.45, 7) is 4.76. The molecule has 2 unspecified atom stereocenters. The molecule has 0 aliphatic rings. The maximum Gasteiger partial charge on any atom is 0.336 e. The summed E-state index contributed by atoms with van der Waals surface area (Å²) in [5.74, 6) is -0.442. The molecule has 0 saturated heterocycles. The number of carbonyl (C=O) groups is 1. The van der Waals surface area contributed by atoms with E-state index in [1.807, 2.05) is 6.92 Å². The topological polar surface area (TPSA) is 70.8 Å². The monoisotopic (exact) mass is 205 g/mol. The van der Waals surface area contributed by atoms with Gasteiger partial charge in [-0.05, 0) is 13.8 Å². The van der Waals surface area contributed by atoms with Gasteiger partial charge in [-0.15, -0.1) is 0 Å². The Morgan fingerprint density at radius 2 is 2.14 bits per heavy atom. The summed E-state index contributed by atoms with van der Waals surface area (Å²) in [6, 6.07) is 0. The fourth-order valence-electron chi connectivity index (χ4n) is 0.881. The Balaban J connectivity index is 3.79. The van der Waals surface area contributed by atoms with Gasteiger partial charge >= 0.3 is 5.97 Å². The van der Waals surface area contributed by atoms with Crippen LogP contribution in [0.2, 0.25) is 0 Å². The van der Waals surface area contributed by atoms with Crippen molar-refractivity contribution in [2.75, 3.05) is 26.9 Å². The van der Waals surface area contributed by atoms with Crippen LogP contribution < -0.4 is 5.73 Å². The number of hydrogen-bond donors (Lipinski definition) is 1. The minimum absolute atomic E-state index is 0.122. The van der Waals surface area contributed by atoms with Gasteiger partial charge in [0.25, 0.3) is 0 Å². The molecule has 2 N–H and O–H groups in total. The summed E-state index contributed by atoms with van der Waals surface area (Å²) in [5, 5.41) is 0. The molecule has 0 heterocycles. The molecule has 0 saturated carbocycles. The molecule has 0 aromatic heterocycles. The van der Waals surface area contributed by atoms with Crippen LogP contribution in [0.3, 0.4) is 0 Å². The molecule has 0 bridgehead atoms. The van der Waals surface area contributed by atoms with Crippen LogP contribution in [0.4, 0.5) is 0 Å². The predicted octanol–water partition coefficient (Wildman–Crippen LogP) is -0.0717. The van der Waals surface area contributed by atoms with Crippen LogP contribution in [0.15, 0.2) is 0 Å². The first kappa shape index (κ1) is 13.4. The van der Waals surface area contributed by atoms with Gasteiger partial charge in [-0.25, -0.2) is 4.79 Å². The summed E-state index contributed by atoms with van der Waals surface area (Å²) in [4.78, 5) is 11.3. The van der Waals surface area contributed by atoms with Gasteiger partial charge in [0.05, 0.1) is 6.61 Å². The zero-order chi connectivity index (χ0) is 11.0. The molecule has 0 aliphatic carbocycles. The molecule has 0 spiro atoms. The fourth-order valence-corrected chi connectivity index (χ4v) is 0.881. The Morgan fingerprint density at radius 3 is 2.57 bits per heavy atom. The van der Waals surface area contributed by atoms with Crippen LogP contribution in [0.1, 0.15) is 13.8 Å². The van der Waals surface area contributed by atoms with Crippen LogP contribution >= 0.6 is 0 Å². The minimum atomic E-state index is -0.681. The van der Waals surface area contributed by atoms with Crippen molar-refractivity contribution in [3.63, 3.8) is 0 Å². The van der Waals surface area contributed by atoms with Gasteiger partial charge < -0.3 is 19.9 Å². The van der Waals surface area contributed by atoms with E-state index >= 15 is 0 Å². The van der Waals surface area contributed by atoms with Crippen molar-refractivity contribution < 1.29 is 19.0 Å². The Morgan fingerprint density at radius 1 is 1.50 bits per heavy atom. The maximum atomic E-state index is 11.3. The number of hydrogen-bond acceptors (Lipinski definition) is 5. The highest BCUT2D eigenvalue weighted by molar-refractivity contribution is 5.75. The largest absolute Gasteiger partial charge is 0.458 e. The van der Waals surface area contributed by atoms with E-state index in [9.17, 15) is 4.79 Å². The van der Waals surface area contributed by atoms with Crippen molar-refractivity contribution in [1.29, 1.82) is 0 Å². The van der Waals surface area contributed by atoms with Crippen LogP contribution in [-0.4, -0.2) is 45.0 Å². The summed E-state index contributed by atoms with van der Waals surface area (Å²) in [5.41, 5.74) is 5.30. The maximum absolute atomic E-state index is 11.3. The molecule has 2 atom stereocenters. The van der Waals surface area contributed by atoms with Gasteiger partial charge in [-0.2, -0.15) is 0 Å². The third-order valence-electron chi connectivity index (χ3n) is 1.64. The van der Waals surface area contributed by atoms with E-state index in [4.69, 9.17) is 19.9 Å². The normalized spacial score (nSPS) is 14.9. The van der Waals surface area contributed by atoms with E-state index < -0.39 is 12.1 Å². The average molecular weight is 205 g/mol. The van der Waals surface area contributed by atoms with Crippen LogP contribution in [0.25, 0.3) is 0 Å². The van der Waals surface area contributed by atoms with E-state index in [1.54, 1.807) is 6.92 Å². The molecule has 0 aliphatic heterocycles. The van der Waals surface area contributed by atoms with Gasteiger partial charge in [-0.3, -0.25) is 0 Å². The number of rotatable bonds is 7. The zero-order valence-corrected chi connectivity index (χ0v) is 8.99. The molecule has 5 heteroatoms. The summed E-state index contributed by atoms with van der Waals surface area (Å²) < 4.78 is 14.9. The highest BCUT2D eigenvalue weighted by Gasteiger charge is 2.19. The quantitative estimate of drug-likeness (QED) is 0.589. The first-order valence-corrected chi connectivity index (χ1v) is 4.66. The Kier molecular flexibility index (Phi) is 7.37. The van der Waals surface area contributed by atoms with E-state index in [0.29, 0.717) is 13.2 Å². The van der Waals surface area contributed by atoms with Gasteiger partial charge in [0, 0.05) is 20.3 Å². The average Bonchev–Trinajstić information content (AvgIpc) is 2.16. The third-order valence-corrected chi connectivity index (χ3v) is 1.64. The van der Waals surface area contributed by atoms with Crippen molar-refractivity contribution in [2.24, 2.45) is 5.73 Å². The fraction of sp³-hybridized carbons (Fsp3) is 0.889. The van der Waals surface area contributed by atoms with Crippen LogP contribution in [0, 0.1) is 0 Å². The molecule has 84 valence electrons. The lowest BCUT2D eigenvalue weighted by atomic mass is 10.3. The number of methoxy groups -OCH3 is 1. The molecule has 0 fully saturated rings. The van der Waals surface area contributed by atoms with Crippen molar-refractivity contribution in [1.82, 2.24) is 0 Å². The lowest BCUT2D eigenvalue weighted by Gasteiger charge is -2.17. The highest BCUT2D eigenvalue weighted by Crippen LogP contribution is 1.98.